The molecule has 0 unspecified atom stereocenters. The first-order chi connectivity index (χ1) is 14.7. The lowest BCUT2D eigenvalue weighted by atomic mass is 9.97. The van der Waals surface area contributed by atoms with Gasteiger partial charge in [-0.05, 0) is 68.8 Å². The monoisotopic (exact) mass is 425 g/mol. The Morgan fingerprint density at radius 1 is 1.20 bits per heavy atom. The number of likely N-dealkylation sites (tertiary alicyclic amines) is 1. The van der Waals surface area contributed by atoms with Crippen LogP contribution in [-0.4, -0.2) is 35.6 Å². The van der Waals surface area contributed by atoms with Gasteiger partial charge in [-0.25, -0.2) is 4.98 Å². The zero-order valence-electron chi connectivity index (χ0n) is 17.5. The number of aromatic nitrogens is 2. The van der Waals surface area contributed by atoms with Crippen LogP contribution < -0.4 is 15.0 Å². The maximum Gasteiger partial charge on any atom is 0.259 e. The molecule has 1 fully saturated rings. The molecule has 3 aromatic rings. The SMILES string of the molecule is COc1ccc(OC)c([C@@H]2CCCN2Cc2nc3sc4c(c3c(=O)[nH]2)CCCC4)c1. The Bertz CT molecular complexity index is 1140. The summed E-state index contributed by atoms with van der Waals surface area (Å²) in [4.78, 5) is 25.5. The molecule has 3 heterocycles. The third-order valence-corrected chi connectivity index (χ3v) is 7.57. The minimum atomic E-state index is 0.0177. The molecule has 0 bridgehead atoms. The smallest absolute Gasteiger partial charge is 0.259 e. The fourth-order valence-corrected chi connectivity index (χ4v) is 6.22. The fourth-order valence-electron chi connectivity index (χ4n) is 4.94. The number of hydrogen-bond donors (Lipinski definition) is 1. The van der Waals surface area contributed by atoms with Gasteiger partial charge in [-0.2, -0.15) is 0 Å². The molecule has 2 aromatic heterocycles. The van der Waals surface area contributed by atoms with Crippen LogP contribution in [0, 0.1) is 0 Å². The Balaban J connectivity index is 1.47. The van der Waals surface area contributed by atoms with Gasteiger partial charge in [0.2, 0.25) is 0 Å². The molecule has 0 radical (unpaired) electrons. The van der Waals surface area contributed by atoms with Crippen LogP contribution >= 0.6 is 11.3 Å². The van der Waals surface area contributed by atoms with Crippen LogP contribution in [0.4, 0.5) is 0 Å². The van der Waals surface area contributed by atoms with E-state index < -0.39 is 0 Å². The molecular formula is C23H27N3O3S. The molecule has 30 heavy (non-hydrogen) atoms. The van der Waals surface area contributed by atoms with E-state index in [1.54, 1.807) is 25.6 Å². The summed E-state index contributed by atoms with van der Waals surface area (Å²) in [5.74, 6) is 2.45. The number of H-pyrrole nitrogens is 1. The average Bonchev–Trinajstić information content (AvgIpc) is 3.37. The summed E-state index contributed by atoms with van der Waals surface area (Å²) in [6.45, 7) is 1.59. The number of hydrogen-bond acceptors (Lipinski definition) is 6. The number of nitrogens with one attached hydrogen (secondary N) is 1. The van der Waals surface area contributed by atoms with Gasteiger partial charge in [0, 0.05) is 16.5 Å². The minimum Gasteiger partial charge on any atom is -0.497 e. The standard InChI is InChI=1S/C23H27N3O3S/c1-28-14-9-10-18(29-2)16(12-14)17-7-5-11-26(17)13-20-24-22(27)21-15-6-3-4-8-19(15)30-23(21)25-20/h9-10,12,17H,3-8,11,13H2,1-2H3,(H,24,25,27)/t17-/m0/s1. The molecule has 158 valence electrons. The van der Waals surface area contributed by atoms with Gasteiger partial charge in [0.1, 0.15) is 22.2 Å². The number of nitrogens with zero attached hydrogens (tertiary/aromatic N) is 2. The predicted molar refractivity (Wildman–Crippen MR) is 119 cm³/mol. The molecular weight excluding hydrogens is 398 g/mol. The van der Waals surface area contributed by atoms with Crippen LogP contribution in [0.5, 0.6) is 11.5 Å². The Morgan fingerprint density at radius 3 is 2.90 bits per heavy atom. The largest absolute Gasteiger partial charge is 0.497 e. The van der Waals surface area contributed by atoms with E-state index in [-0.39, 0.29) is 11.6 Å². The molecule has 1 aromatic carbocycles. The average molecular weight is 426 g/mol. The van der Waals surface area contributed by atoms with E-state index >= 15 is 0 Å². The second kappa shape index (κ2) is 8.04. The van der Waals surface area contributed by atoms with Crippen molar-refractivity contribution in [2.75, 3.05) is 20.8 Å². The van der Waals surface area contributed by atoms with Gasteiger partial charge in [0.05, 0.1) is 26.2 Å². The summed E-state index contributed by atoms with van der Waals surface area (Å²) in [6, 6.07) is 6.17. The maximum absolute atomic E-state index is 12.9. The summed E-state index contributed by atoms with van der Waals surface area (Å²) < 4.78 is 11.1. The van der Waals surface area contributed by atoms with Crippen molar-refractivity contribution in [2.24, 2.45) is 0 Å². The summed E-state index contributed by atoms with van der Waals surface area (Å²) in [7, 11) is 3.39. The Morgan fingerprint density at radius 2 is 2.07 bits per heavy atom. The first kappa shape index (κ1) is 19.6. The van der Waals surface area contributed by atoms with Gasteiger partial charge < -0.3 is 14.5 Å². The van der Waals surface area contributed by atoms with E-state index in [2.05, 4.69) is 16.0 Å². The van der Waals surface area contributed by atoms with E-state index in [1.165, 1.54) is 16.9 Å². The molecule has 6 nitrogen and oxygen atoms in total. The van der Waals surface area contributed by atoms with Crippen molar-refractivity contribution in [2.45, 2.75) is 51.1 Å². The van der Waals surface area contributed by atoms with Crippen molar-refractivity contribution < 1.29 is 9.47 Å². The number of thiophene rings is 1. The number of methoxy groups -OCH3 is 2. The van der Waals surface area contributed by atoms with E-state index in [0.717, 1.165) is 71.8 Å². The maximum atomic E-state index is 12.9. The van der Waals surface area contributed by atoms with Crippen molar-refractivity contribution in [1.82, 2.24) is 14.9 Å². The predicted octanol–water partition coefficient (Wildman–Crippen LogP) is 4.22. The molecule has 0 spiro atoms. The van der Waals surface area contributed by atoms with E-state index in [1.807, 2.05) is 12.1 Å². The first-order valence-corrected chi connectivity index (χ1v) is 11.5. The molecule has 7 heteroatoms. The quantitative estimate of drug-likeness (QED) is 0.663. The molecule has 1 aliphatic carbocycles. The normalized spacial score (nSPS) is 19.2. The summed E-state index contributed by atoms with van der Waals surface area (Å²) in [5.41, 5.74) is 2.38. The van der Waals surface area contributed by atoms with E-state index in [9.17, 15) is 4.79 Å². The lowest BCUT2D eigenvalue weighted by Crippen LogP contribution is -2.26. The summed E-state index contributed by atoms with van der Waals surface area (Å²) >= 11 is 1.71. The van der Waals surface area contributed by atoms with Gasteiger partial charge in [0.15, 0.2) is 0 Å². The summed E-state index contributed by atoms with van der Waals surface area (Å²) in [6.07, 6.45) is 6.60. The number of aromatic amines is 1. The van der Waals surface area contributed by atoms with Crippen LogP contribution in [0.3, 0.4) is 0 Å². The van der Waals surface area contributed by atoms with Crippen LogP contribution in [0.1, 0.15) is 53.6 Å². The topological polar surface area (TPSA) is 67.5 Å². The lowest BCUT2D eigenvalue weighted by molar-refractivity contribution is 0.236. The molecule has 2 aliphatic rings. The van der Waals surface area contributed by atoms with E-state index in [4.69, 9.17) is 14.5 Å². The number of fused-ring (bicyclic) bond motifs is 3. The first-order valence-electron chi connectivity index (χ1n) is 10.7. The number of ether oxygens (including phenoxy) is 2. The van der Waals surface area contributed by atoms with Gasteiger partial charge in [0.25, 0.3) is 5.56 Å². The zero-order valence-corrected chi connectivity index (χ0v) is 18.3. The highest BCUT2D eigenvalue weighted by molar-refractivity contribution is 7.18. The highest BCUT2D eigenvalue weighted by Gasteiger charge is 2.30. The molecule has 0 saturated carbocycles. The Hall–Kier alpha value is -2.38. The number of aryl methyl sites for hydroxylation is 2. The zero-order chi connectivity index (χ0) is 20.7. The van der Waals surface area contributed by atoms with E-state index in [0.29, 0.717) is 6.54 Å². The number of rotatable bonds is 5. The molecule has 1 atom stereocenters. The Kier molecular flexibility index (Phi) is 5.25. The van der Waals surface area contributed by atoms with Crippen LogP contribution in [-0.2, 0) is 19.4 Å². The highest BCUT2D eigenvalue weighted by Crippen LogP contribution is 2.39. The second-order valence-electron chi connectivity index (χ2n) is 8.14. The number of benzene rings is 1. The fraction of sp³-hybridized carbons (Fsp3) is 0.478. The van der Waals surface area contributed by atoms with Crippen molar-refractivity contribution in [1.29, 1.82) is 0 Å². The third-order valence-electron chi connectivity index (χ3n) is 6.39. The van der Waals surface area contributed by atoms with Gasteiger partial charge in [-0.15, -0.1) is 11.3 Å². The van der Waals surface area contributed by atoms with Crippen LogP contribution in [0.2, 0.25) is 0 Å². The minimum absolute atomic E-state index is 0.0177. The van der Waals surface area contributed by atoms with Crippen LogP contribution in [0.25, 0.3) is 10.2 Å². The third kappa shape index (κ3) is 3.40. The highest BCUT2D eigenvalue weighted by atomic mass is 32.1. The van der Waals surface area contributed by atoms with Crippen molar-refractivity contribution in [3.05, 3.63) is 50.4 Å². The molecule has 1 saturated heterocycles. The second-order valence-corrected chi connectivity index (χ2v) is 9.22. The molecule has 5 rings (SSSR count). The summed E-state index contributed by atoms with van der Waals surface area (Å²) in [5, 5.41) is 0.825. The van der Waals surface area contributed by atoms with Crippen molar-refractivity contribution >= 4 is 21.6 Å². The van der Waals surface area contributed by atoms with Crippen molar-refractivity contribution in [3.8, 4) is 11.5 Å². The lowest BCUT2D eigenvalue weighted by Gasteiger charge is -2.26. The van der Waals surface area contributed by atoms with Crippen LogP contribution in [0.15, 0.2) is 23.0 Å². The van der Waals surface area contributed by atoms with Gasteiger partial charge in [-0.3, -0.25) is 9.69 Å². The van der Waals surface area contributed by atoms with Gasteiger partial charge >= 0.3 is 0 Å². The molecule has 1 aliphatic heterocycles. The Labute approximate surface area is 179 Å². The van der Waals surface area contributed by atoms with Gasteiger partial charge in [-0.1, -0.05) is 0 Å². The molecule has 0 amide bonds. The van der Waals surface area contributed by atoms with Crippen molar-refractivity contribution in [3.63, 3.8) is 0 Å². The molecule has 1 N–H and O–H groups in total.